The van der Waals surface area contributed by atoms with Crippen LogP contribution in [0.4, 0.5) is 0 Å². The summed E-state index contributed by atoms with van der Waals surface area (Å²) in [5.41, 5.74) is 6.08. The number of aromatic amines is 2. The molecule has 0 atom stereocenters. The average molecular weight is 590 g/mol. The van der Waals surface area contributed by atoms with Crippen LogP contribution < -0.4 is 3.87 Å². The fourth-order valence-electron chi connectivity index (χ4n) is 5.87. The zero-order chi connectivity index (χ0) is 28.5. The molecule has 4 aromatic carbocycles. The molecule has 43 heavy (non-hydrogen) atoms. The maximum absolute atomic E-state index is 11.7. The number of nitrogens with zero attached hydrogens (tertiary/aromatic N) is 6. The molecule has 0 fully saturated rings. The molecule has 200 valence electrons. The summed E-state index contributed by atoms with van der Waals surface area (Å²) in [6.45, 7) is 0. The first-order valence-electron chi connectivity index (χ1n) is 13.7. The number of hydrogen-bond acceptors (Lipinski definition) is 7. The van der Waals surface area contributed by atoms with Crippen molar-refractivity contribution in [2.45, 2.75) is 0 Å². The maximum atomic E-state index is 11.7. The van der Waals surface area contributed by atoms with Crippen LogP contribution in [0, 0.1) is 0 Å². The molecule has 0 saturated heterocycles. The molecule has 9 rings (SSSR count). The predicted molar refractivity (Wildman–Crippen MR) is 162 cm³/mol. The van der Waals surface area contributed by atoms with E-state index in [1.807, 2.05) is 91.0 Å². The molecule has 10 heteroatoms. The zero-order valence-corrected chi connectivity index (χ0v) is 23.9. The van der Waals surface area contributed by atoms with E-state index in [-0.39, 0.29) is 0 Å². The van der Waals surface area contributed by atoms with Crippen LogP contribution in [0.1, 0.15) is 0 Å². The van der Waals surface area contributed by atoms with Gasteiger partial charge >= 0.3 is 247 Å². The quantitative estimate of drug-likeness (QED) is 0.194. The zero-order valence-electron chi connectivity index (χ0n) is 22.3. The van der Waals surface area contributed by atoms with Gasteiger partial charge in [0, 0.05) is 0 Å². The first kappa shape index (κ1) is 24.2. The van der Waals surface area contributed by atoms with Gasteiger partial charge in [0.15, 0.2) is 0 Å². The average Bonchev–Trinajstić information content (AvgIpc) is 3.77. The molecule has 2 N–H and O–H groups in total. The number of carbonyl (C=O) groups excluding carboxylic acids is 1. The standard InChI is InChI=1S/C32H17N8.CHO.Ti/c1-2-10-18-17(9-1)25-33-26(18)38-28-21-13-5-6-14-22(21)30(35-28)40-32-24-16-8-7-15-23(24)31(36-32)39-29-20-12-4-3-11-19(20)27(34-29)37-25;1-2;/h1-15H,(H2,33,34,35,36,37,38,39,40);1H;. The molecular formula is C33H18N8OTi. The van der Waals surface area contributed by atoms with E-state index in [4.69, 9.17) is 29.9 Å². The van der Waals surface area contributed by atoms with Crippen molar-refractivity contribution in [2.24, 2.45) is 0 Å². The molecule has 7 aromatic rings. The Kier molecular flexibility index (Phi) is 5.25. The van der Waals surface area contributed by atoms with Crippen LogP contribution >= 0.6 is 0 Å². The fourth-order valence-corrected chi connectivity index (χ4v) is 6.99. The summed E-state index contributed by atoms with van der Waals surface area (Å²) in [6, 6.07) is 29.9. The van der Waals surface area contributed by atoms with Gasteiger partial charge in [-0.3, -0.25) is 0 Å². The van der Waals surface area contributed by atoms with Crippen LogP contribution in [0.25, 0.3) is 89.7 Å². The van der Waals surface area contributed by atoms with Crippen LogP contribution in [-0.4, -0.2) is 44.5 Å². The third-order valence-corrected chi connectivity index (χ3v) is 9.11. The summed E-state index contributed by atoms with van der Waals surface area (Å²) < 4.78 is 2.00. The molecule has 0 spiro atoms. The number of H-pyrrole nitrogens is 2. The predicted octanol–water partition coefficient (Wildman–Crippen LogP) is 5.77. The molecule has 8 bridgehead atoms. The molecule has 5 heterocycles. The van der Waals surface area contributed by atoms with E-state index in [2.05, 4.69) is 9.97 Å². The second-order valence-corrected chi connectivity index (χ2v) is 11.9. The van der Waals surface area contributed by atoms with Crippen molar-refractivity contribution >= 4 is 52.6 Å². The number of fused-ring (bicyclic) bond motifs is 20. The van der Waals surface area contributed by atoms with Crippen LogP contribution in [0.3, 0.4) is 0 Å². The van der Waals surface area contributed by atoms with Gasteiger partial charge in [0.25, 0.3) is 0 Å². The number of hydrogen-bond donors (Lipinski definition) is 2. The molecule has 0 saturated carbocycles. The van der Waals surface area contributed by atoms with Crippen LogP contribution in [0.2, 0.25) is 0 Å². The molecule has 9 nitrogen and oxygen atoms in total. The Morgan fingerprint density at radius 1 is 0.465 bits per heavy atom. The first-order valence-corrected chi connectivity index (χ1v) is 15.4. The summed E-state index contributed by atoms with van der Waals surface area (Å²) in [6.07, 6.45) is 0. The van der Waals surface area contributed by atoms with E-state index < -0.39 is 19.2 Å². The SMILES string of the molecule is O=[CH][Ti][c]1cccc2c3nc4nc(nc5[nH]c(nc6nc(nc([nH]3)c12)-c1ccccc1-6)c1ccccc51)-c1ccccc1-4. The number of carbonyl (C=O) groups is 1. The Morgan fingerprint density at radius 3 is 1.40 bits per heavy atom. The van der Waals surface area contributed by atoms with Crippen molar-refractivity contribution in [3.63, 3.8) is 0 Å². The van der Waals surface area contributed by atoms with E-state index in [0.717, 1.165) is 52.3 Å². The normalized spacial score (nSPS) is 11.8. The summed E-state index contributed by atoms with van der Waals surface area (Å²) in [7, 11) is 0. The van der Waals surface area contributed by atoms with Crippen molar-refractivity contribution in [2.75, 3.05) is 0 Å². The Balaban J connectivity index is 1.51. The first-order chi connectivity index (χ1) is 21.2. The van der Waals surface area contributed by atoms with Crippen LogP contribution in [0.15, 0.2) is 91.0 Å². The number of benzene rings is 4. The number of aromatic nitrogens is 8. The molecule has 0 unspecified atom stereocenters. The van der Waals surface area contributed by atoms with E-state index in [1.54, 1.807) is 0 Å². The van der Waals surface area contributed by atoms with Gasteiger partial charge in [-0.15, -0.1) is 0 Å². The van der Waals surface area contributed by atoms with Gasteiger partial charge in [-0.25, -0.2) is 0 Å². The van der Waals surface area contributed by atoms with Gasteiger partial charge in [-0.1, -0.05) is 6.07 Å². The van der Waals surface area contributed by atoms with E-state index in [9.17, 15) is 4.79 Å². The molecule has 2 aliphatic rings. The van der Waals surface area contributed by atoms with Gasteiger partial charge in [0.05, 0.1) is 0 Å². The Bertz CT molecular complexity index is 2480. The van der Waals surface area contributed by atoms with Gasteiger partial charge < -0.3 is 0 Å². The third kappa shape index (κ3) is 3.72. The summed E-state index contributed by atoms with van der Waals surface area (Å²) in [5, 5.41) is 3.61. The fraction of sp³-hybridized carbons (Fsp3) is 0. The Hall–Kier alpha value is -5.38. The summed E-state index contributed by atoms with van der Waals surface area (Å²) >= 11 is -1.04. The van der Waals surface area contributed by atoms with E-state index in [0.29, 0.717) is 45.9 Å². The molecule has 0 aliphatic carbocycles. The third-order valence-electron chi connectivity index (χ3n) is 7.79. The molecule has 0 amide bonds. The van der Waals surface area contributed by atoms with Crippen LogP contribution in [-0.2, 0) is 23.9 Å². The number of nitrogens with one attached hydrogen (secondary N) is 2. The molecule has 0 radical (unpaired) electrons. The van der Waals surface area contributed by atoms with Crippen molar-refractivity contribution in [1.29, 1.82) is 0 Å². The Labute approximate surface area is 252 Å². The van der Waals surface area contributed by atoms with E-state index >= 15 is 0 Å². The Morgan fingerprint density at radius 2 is 0.884 bits per heavy atom. The van der Waals surface area contributed by atoms with Gasteiger partial charge in [0.1, 0.15) is 0 Å². The molecule has 2 aliphatic heterocycles. The number of rotatable bonds is 2. The second kappa shape index (κ2) is 9.32. The van der Waals surface area contributed by atoms with Crippen molar-refractivity contribution < 1.29 is 23.9 Å². The van der Waals surface area contributed by atoms with E-state index in [1.165, 1.54) is 0 Å². The summed E-state index contributed by atoms with van der Waals surface area (Å²) in [4.78, 5) is 48.6. The molecule has 3 aromatic heterocycles. The minimum atomic E-state index is -1.04. The van der Waals surface area contributed by atoms with Crippen molar-refractivity contribution in [3.05, 3.63) is 91.0 Å². The topological polar surface area (TPSA) is 126 Å². The minimum absolute atomic E-state index is 0.539. The van der Waals surface area contributed by atoms with Gasteiger partial charge in [0.2, 0.25) is 0 Å². The van der Waals surface area contributed by atoms with Gasteiger partial charge in [-0.2, -0.15) is 0 Å². The van der Waals surface area contributed by atoms with Crippen LogP contribution in [0.5, 0.6) is 0 Å². The van der Waals surface area contributed by atoms with Crippen molar-refractivity contribution in [1.82, 2.24) is 39.9 Å². The van der Waals surface area contributed by atoms with Gasteiger partial charge in [-0.05, 0) is 0 Å². The molecular weight excluding hydrogens is 572 g/mol. The summed E-state index contributed by atoms with van der Waals surface area (Å²) in [5.74, 6) is 2.21. The monoisotopic (exact) mass is 590 g/mol. The van der Waals surface area contributed by atoms with Crippen molar-refractivity contribution in [3.8, 4) is 45.6 Å². The second-order valence-electron chi connectivity index (χ2n) is 10.2.